The number of rotatable bonds is 5. The molecule has 1 aromatic heterocycles. The zero-order valence-corrected chi connectivity index (χ0v) is 12.0. The summed E-state index contributed by atoms with van der Waals surface area (Å²) in [6.45, 7) is 6.16. The van der Waals surface area contributed by atoms with E-state index in [1.165, 1.54) is 6.33 Å². The molecule has 1 atom stereocenters. The van der Waals surface area contributed by atoms with Gasteiger partial charge in [-0.05, 0) is 32.4 Å². The summed E-state index contributed by atoms with van der Waals surface area (Å²) in [5, 5.41) is 4.25. The maximum atomic E-state index is 11.5. The third-order valence-corrected chi connectivity index (χ3v) is 3.03. The van der Waals surface area contributed by atoms with Gasteiger partial charge in [-0.3, -0.25) is 4.79 Å². The van der Waals surface area contributed by atoms with Crippen molar-refractivity contribution in [2.24, 2.45) is 0 Å². The van der Waals surface area contributed by atoms with Crippen molar-refractivity contribution >= 4 is 22.7 Å². The normalized spacial score (nSPS) is 12.2. The molecular formula is C15H19N3O2. The Labute approximate surface area is 118 Å². The molecule has 0 spiro atoms. The molecule has 0 aliphatic heterocycles. The van der Waals surface area contributed by atoms with Crippen LogP contribution in [0.3, 0.4) is 0 Å². The number of hydrogen-bond acceptors (Lipinski definition) is 5. The van der Waals surface area contributed by atoms with E-state index in [0.29, 0.717) is 13.0 Å². The molecule has 1 N–H and O–H groups in total. The fourth-order valence-electron chi connectivity index (χ4n) is 2.15. The number of hydrogen-bond donors (Lipinski definition) is 1. The van der Waals surface area contributed by atoms with Gasteiger partial charge >= 0.3 is 5.97 Å². The van der Waals surface area contributed by atoms with E-state index in [1.807, 2.05) is 32.0 Å². The standard InChI is InChI=1S/C15H19N3O2/c1-4-20-13(19)8-11(3)18-15-14-10(2)6-5-7-12(14)16-9-17-15/h5-7,9,11H,4,8H2,1-3H3,(H,16,17,18). The second kappa shape index (κ2) is 6.32. The van der Waals surface area contributed by atoms with E-state index in [4.69, 9.17) is 4.74 Å². The number of benzene rings is 1. The van der Waals surface area contributed by atoms with Crippen LogP contribution >= 0.6 is 0 Å². The minimum atomic E-state index is -0.206. The summed E-state index contributed by atoms with van der Waals surface area (Å²) in [6, 6.07) is 5.89. The Kier molecular flexibility index (Phi) is 4.50. The van der Waals surface area contributed by atoms with Crippen molar-refractivity contribution in [3.05, 3.63) is 30.1 Å². The lowest BCUT2D eigenvalue weighted by Crippen LogP contribution is -2.21. The Hall–Kier alpha value is -2.17. The number of nitrogens with one attached hydrogen (secondary N) is 1. The minimum Gasteiger partial charge on any atom is -0.466 e. The Morgan fingerprint density at radius 3 is 2.95 bits per heavy atom. The van der Waals surface area contributed by atoms with Crippen LogP contribution in [-0.4, -0.2) is 28.6 Å². The van der Waals surface area contributed by atoms with Crippen molar-refractivity contribution < 1.29 is 9.53 Å². The van der Waals surface area contributed by atoms with Crippen LogP contribution in [0.1, 0.15) is 25.8 Å². The summed E-state index contributed by atoms with van der Waals surface area (Å²) in [6.07, 6.45) is 1.84. The molecule has 0 saturated heterocycles. The van der Waals surface area contributed by atoms with E-state index in [2.05, 4.69) is 15.3 Å². The highest BCUT2D eigenvalue weighted by atomic mass is 16.5. The molecule has 2 aromatic rings. The topological polar surface area (TPSA) is 64.1 Å². The van der Waals surface area contributed by atoms with E-state index < -0.39 is 0 Å². The average molecular weight is 273 g/mol. The summed E-state index contributed by atoms with van der Waals surface area (Å²) < 4.78 is 4.95. The van der Waals surface area contributed by atoms with Gasteiger partial charge in [-0.1, -0.05) is 12.1 Å². The number of carbonyl (C=O) groups excluding carboxylic acids is 1. The van der Waals surface area contributed by atoms with Crippen LogP contribution < -0.4 is 5.32 Å². The van der Waals surface area contributed by atoms with Gasteiger partial charge in [-0.25, -0.2) is 9.97 Å². The first kappa shape index (κ1) is 14.2. The predicted molar refractivity (Wildman–Crippen MR) is 78.6 cm³/mol. The van der Waals surface area contributed by atoms with Gasteiger partial charge in [-0.15, -0.1) is 0 Å². The highest BCUT2D eigenvalue weighted by Crippen LogP contribution is 2.23. The molecule has 0 saturated carbocycles. The minimum absolute atomic E-state index is 0.0493. The number of nitrogens with zero attached hydrogens (tertiary/aromatic N) is 2. The smallest absolute Gasteiger partial charge is 0.307 e. The zero-order valence-electron chi connectivity index (χ0n) is 12.0. The molecule has 0 aliphatic rings. The monoisotopic (exact) mass is 273 g/mol. The van der Waals surface area contributed by atoms with Gasteiger partial charge in [-0.2, -0.15) is 0 Å². The highest BCUT2D eigenvalue weighted by molar-refractivity contribution is 5.91. The summed E-state index contributed by atoms with van der Waals surface area (Å²) >= 11 is 0. The number of ether oxygens (including phenoxy) is 1. The van der Waals surface area contributed by atoms with Crippen molar-refractivity contribution in [3.8, 4) is 0 Å². The van der Waals surface area contributed by atoms with Crippen LogP contribution in [-0.2, 0) is 9.53 Å². The average Bonchev–Trinajstić information content (AvgIpc) is 2.39. The number of aromatic nitrogens is 2. The maximum absolute atomic E-state index is 11.5. The van der Waals surface area contributed by atoms with Gasteiger partial charge in [0.25, 0.3) is 0 Å². The Balaban J connectivity index is 2.19. The summed E-state index contributed by atoms with van der Waals surface area (Å²) in [5.74, 6) is 0.549. The highest BCUT2D eigenvalue weighted by Gasteiger charge is 2.13. The van der Waals surface area contributed by atoms with Crippen molar-refractivity contribution in [1.29, 1.82) is 0 Å². The molecule has 0 radical (unpaired) electrons. The molecule has 1 aromatic carbocycles. The SMILES string of the molecule is CCOC(=O)CC(C)Nc1ncnc2cccc(C)c12. The summed E-state index contributed by atoms with van der Waals surface area (Å²) in [5.41, 5.74) is 2.00. The molecule has 0 amide bonds. The fraction of sp³-hybridized carbons (Fsp3) is 0.400. The van der Waals surface area contributed by atoms with Gasteiger partial charge in [0.1, 0.15) is 12.1 Å². The lowest BCUT2D eigenvalue weighted by Gasteiger charge is -2.15. The van der Waals surface area contributed by atoms with Crippen LogP contribution in [0.25, 0.3) is 10.9 Å². The van der Waals surface area contributed by atoms with Crippen molar-refractivity contribution in [2.45, 2.75) is 33.2 Å². The number of carbonyl (C=O) groups is 1. The number of fused-ring (bicyclic) bond motifs is 1. The molecule has 106 valence electrons. The first-order chi connectivity index (χ1) is 9.61. The van der Waals surface area contributed by atoms with E-state index >= 15 is 0 Å². The Morgan fingerprint density at radius 1 is 1.40 bits per heavy atom. The summed E-state index contributed by atoms with van der Waals surface area (Å²) in [4.78, 5) is 20.0. The van der Waals surface area contributed by atoms with Gasteiger partial charge in [0.15, 0.2) is 0 Å². The van der Waals surface area contributed by atoms with E-state index in [-0.39, 0.29) is 12.0 Å². The number of aryl methyl sites for hydroxylation is 1. The van der Waals surface area contributed by atoms with Crippen LogP contribution in [0.15, 0.2) is 24.5 Å². The number of esters is 1. The van der Waals surface area contributed by atoms with Gasteiger partial charge in [0.2, 0.25) is 0 Å². The van der Waals surface area contributed by atoms with E-state index in [0.717, 1.165) is 22.3 Å². The van der Waals surface area contributed by atoms with Crippen LogP contribution in [0.2, 0.25) is 0 Å². The molecule has 1 heterocycles. The molecule has 0 bridgehead atoms. The second-order valence-electron chi connectivity index (χ2n) is 4.75. The van der Waals surface area contributed by atoms with Crippen LogP contribution in [0, 0.1) is 6.92 Å². The van der Waals surface area contributed by atoms with Crippen LogP contribution in [0.4, 0.5) is 5.82 Å². The van der Waals surface area contributed by atoms with Crippen LogP contribution in [0.5, 0.6) is 0 Å². The van der Waals surface area contributed by atoms with E-state index in [1.54, 1.807) is 6.92 Å². The van der Waals surface area contributed by atoms with Gasteiger partial charge in [0.05, 0.1) is 18.5 Å². The van der Waals surface area contributed by atoms with Crippen molar-refractivity contribution in [1.82, 2.24) is 9.97 Å². The molecular weight excluding hydrogens is 254 g/mol. The summed E-state index contributed by atoms with van der Waals surface area (Å²) in [7, 11) is 0. The fourth-order valence-corrected chi connectivity index (χ4v) is 2.15. The molecule has 1 unspecified atom stereocenters. The number of anilines is 1. The molecule has 0 fully saturated rings. The molecule has 5 nitrogen and oxygen atoms in total. The molecule has 2 rings (SSSR count). The molecule has 0 aliphatic carbocycles. The van der Waals surface area contributed by atoms with Crippen molar-refractivity contribution in [3.63, 3.8) is 0 Å². The molecule has 20 heavy (non-hydrogen) atoms. The Bertz CT molecular complexity index is 608. The van der Waals surface area contributed by atoms with Crippen molar-refractivity contribution in [2.75, 3.05) is 11.9 Å². The largest absolute Gasteiger partial charge is 0.466 e. The lowest BCUT2D eigenvalue weighted by molar-refractivity contribution is -0.143. The Morgan fingerprint density at radius 2 is 2.20 bits per heavy atom. The zero-order chi connectivity index (χ0) is 14.5. The second-order valence-corrected chi connectivity index (χ2v) is 4.75. The first-order valence-corrected chi connectivity index (χ1v) is 6.74. The third kappa shape index (κ3) is 3.23. The predicted octanol–water partition coefficient (Wildman–Crippen LogP) is 2.69. The van der Waals surface area contributed by atoms with E-state index in [9.17, 15) is 4.79 Å². The first-order valence-electron chi connectivity index (χ1n) is 6.74. The van der Waals surface area contributed by atoms with Gasteiger partial charge < -0.3 is 10.1 Å². The lowest BCUT2D eigenvalue weighted by atomic mass is 10.1. The van der Waals surface area contributed by atoms with Gasteiger partial charge in [0, 0.05) is 11.4 Å². The third-order valence-electron chi connectivity index (χ3n) is 3.03. The quantitative estimate of drug-likeness (QED) is 0.848. The maximum Gasteiger partial charge on any atom is 0.307 e. The molecule has 5 heteroatoms.